The first-order chi connectivity index (χ1) is 9.56. The summed E-state index contributed by atoms with van der Waals surface area (Å²) in [5, 5.41) is 3.70. The molecule has 1 aliphatic heterocycles. The zero-order valence-electron chi connectivity index (χ0n) is 15.0. The Balaban J connectivity index is 2.96. The van der Waals surface area contributed by atoms with Crippen molar-refractivity contribution in [3.8, 4) is 0 Å². The summed E-state index contributed by atoms with van der Waals surface area (Å²) in [6.07, 6.45) is 6.02. The average Bonchev–Trinajstić information content (AvgIpc) is 2.23. The number of carbonyl (C=O) groups is 1. The predicted molar refractivity (Wildman–Crippen MR) is 90.4 cm³/mol. The van der Waals surface area contributed by atoms with Crippen LogP contribution < -0.4 is 5.32 Å². The molecule has 0 aromatic carbocycles. The fraction of sp³-hybridized carbons (Fsp3) is 0.833. The Morgan fingerprint density at radius 1 is 1.19 bits per heavy atom. The third-order valence-corrected chi connectivity index (χ3v) is 4.06. The van der Waals surface area contributed by atoms with E-state index in [9.17, 15) is 4.79 Å². The SMILES string of the molecule is CCCCN(C(=O)C=C(C)C)C1CC(C)(C)NC(C)(C)C1. The largest absolute Gasteiger partial charge is 0.336 e. The van der Waals surface area contributed by atoms with Gasteiger partial charge >= 0.3 is 0 Å². The van der Waals surface area contributed by atoms with E-state index >= 15 is 0 Å². The second kappa shape index (κ2) is 6.95. The van der Waals surface area contributed by atoms with E-state index in [-0.39, 0.29) is 17.0 Å². The van der Waals surface area contributed by atoms with Gasteiger partial charge in [0.2, 0.25) is 5.91 Å². The van der Waals surface area contributed by atoms with Crippen molar-refractivity contribution in [2.24, 2.45) is 0 Å². The second-order valence-corrected chi connectivity index (χ2v) is 8.06. The standard InChI is InChI=1S/C18H34N2O/c1-8-9-10-20(16(21)11-14(2)3)15-12-17(4,5)19-18(6,7)13-15/h11,15,19H,8-10,12-13H2,1-7H3. The molecule has 0 bridgehead atoms. The monoisotopic (exact) mass is 294 g/mol. The Morgan fingerprint density at radius 2 is 1.71 bits per heavy atom. The molecule has 3 heteroatoms. The van der Waals surface area contributed by atoms with Crippen LogP contribution in [0.1, 0.15) is 74.1 Å². The molecule has 0 atom stereocenters. The van der Waals surface area contributed by atoms with Crippen LogP contribution in [-0.2, 0) is 4.79 Å². The van der Waals surface area contributed by atoms with E-state index in [4.69, 9.17) is 0 Å². The summed E-state index contributed by atoms with van der Waals surface area (Å²) in [7, 11) is 0. The van der Waals surface area contributed by atoms with Crippen LogP contribution in [0.25, 0.3) is 0 Å². The van der Waals surface area contributed by atoms with Gasteiger partial charge in [0.25, 0.3) is 0 Å². The lowest BCUT2D eigenvalue weighted by Crippen LogP contribution is -2.62. The lowest BCUT2D eigenvalue weighted by atomic mass is 9.79. The van der Waals surface area contributed by atoms with Crippen LogP contribution >= 0.6 is 0 Å². The number of hydrogen-bond acceptors (Lipinski definition) is 2. The highest BCUT2D eigenvalue weighted by atomic mass is 16.2. The van der Waals surface area contributed by atoms with Gasteiger partial charge in [-0.05, 0) is 60.8 Å². The Morgan fingerprint density at radius 3 is 2.14 bits per heavy atom. The molecule has 1 heterocycles. The normalized spacial score (nSPS) is 20.9. The molecule has 0 aromatic heterocycles. The van der Waals surface area contributed by atoms with E-state index in [0.29, 0.717) is 6.04 Å². The molecule has 1 amide bonds. The smallest absolute Gasteiger partial charge is 0.246 e. The highest BCUT2D eigenvalue weighted by Gasteiger charge is 2.40. The summed E-state index contributed by atoms with van der Waals surface area (Å²) in [6, 6.07) is 0.325. The summed E-state index contributed by atoms with van der Waals surface area (Å²) < 4.78 is 0. The van der Waals surface area contributed by atoms with Crippen LogP contribution in [0, 0.1) is 0 Å². The minimum atomic E-state index is 0.0716. The summed E-state index contributed by atoms with van der Waals surface area (Å²) in [4.78, 5) is 14.7. The second-order valence-electron chi connectivity index (χ2n) is 8.06. The molecule has 0 spiro atoms. The zero-order valence-corrected chi connectivity index (χ0v) is 15.0. The van der Waals surface area contributed by atoms with E-state index in [0.717, 1.165) is 37.8 Å². The van der Waals surface area contributed by atoms with Crippen molar-refractivity contribution < 1.29 is 4.79 Å². The fourth-order valence-corrected chi connectivity index (χ4v) is 3.62. The number of unbranched alkanes of at least 4 members (excludes halogenated alkanes) is 1. The summed E-state index contributed by atoms with van der Waals surface area (Å²) in [5.74, 6) is 0.182. The highest BCUT2D eigenvalue weighted by Crippen LogP contribution is 2.32. The van der Waals surface area contributed by atoms with Crippen LogP contribution in [0.3, 0.4) is 0 Å². The predicted octanol–water partition coefficient (Wildman–Crippen LogP) is 3.89. The number of amides is 1. The molecular formula is C18H34N2O. The van der Waals surface area contributed by atoms with Gasteiger partial charge in [0.05, 0.1) is 0 Å². The first kappa shape index (κ1) is 18.2. The van der Waals surface area contributed by atoms with E-state index in [1.54, 1.807) is 6.08 Å². The Kier molecular flexibility index (Phi) is 6.03. The first-order valence-electron chi connectivity index (χ1n) is 8.31. The average molecular weight is 294 g/mol. The summed E-state index contributed by atoms with van der Waals surface area (Å²) in [6.45, 7) is 16.0. The molecular weight excluding hydrogens is 260 g/mol. The summed E-state index contributed by atoms with van der Waals surface area (Å²) >= 11 is 0. The molecule has 0 saturated carbocycles. The van der Waals surface area contributed by atoms with Crippen LogP contribution in [0.15, 0.2) is 11.6 Å². The maximum Gasteiger partial charge on any atom is 0.246 e. The molecule has 1 N–H and O–H groups in total. The Hall–Kier alpha value is -0.830. The molecule has 0 unspecified atom stereocenters. The number of hydrogen-bond donors (Lipinski definition) is 1. The zero-order chi connectivity index (χ0) is 16.3. The third kappa shape index (κ3) is 5.82. The fourth-order valence-electron chi connectivity index (χ4n) is 3.62. The van der Waals surface area contributed by atoms with Crippen molar-refractivity contribution in [3.63, 3.8) is 0 Å². The minimum Gasteiger partial charge on any atom is -0.336 e. The summed E-state index contributed by atoms with van der Waals surface area (Å²) in [5.41, 5.74) is 1.22. The molecule has 1 fully saturated rings. The van der Waals surface area contributed by atoms with Crippen molar-refractivity contribution >= 4 is 5.91 Å². The van der Waals surface area contributed by atoms with Gasteiger partial charge in [-0.25, -0.2) is 0 Å². The number of nitrogens with zero attached hydrogens (tertiary/aromatic N) is 1. The van der Waals surface area contributed by atoms with Crippen molar-refractivity contribution in [2.45, 2.75) is 91.3 Å². The highest BCUT2D eigenvalue weighted by molar-refractivity contribution is 5.88. The van der Waals surface area contributed by atoms with Gasteiger partial charge in [-0.2, -0.15) is 0 Å². The minimum absolute atomic E-state index is 0.0716. The molecule has 3 nitrogen and oxygen atoms in total. The van der Waals surface area contributed by atoms with Gasteiger partial charge < -0.3 is 10.2 Å². The molecule has 1 aliphatic rings. The van der Waals surface area contributed by atoms with Crippen LogP contribution in [-0.4, -0.2) is 34.5 Å². The van der Waals surface area contributed by atoms with Crippen molar-refractivity contribution in [2.75, 3.05) is 6.54 Å². The maximum absolute atomic E-state index is 12.6. The van der Waals surface area contributed by atoms with Gasteiger partial charge in [0.1, 0.15) is 0 Å². The molecule has 21 heavy (non-hydrogen) atoms. The quantitative estimate of drug-likeness (QED) is 0.780. The number of carbonyl (C=O) groups excluding carboxylic acids is 1. The lowest BCUT2D eigenvalue weighted by Gasteiger charge is -2.49. The van der Waals surface area contributed by atoms with Crippen molar-refractivity contribution in [1.29, 1.82) is 0 Å². The molecule has 1 saturated heterocycles. The Bertz CT molecular complexity index is 376. The molecule has 122 valence electrons. The molecule has 0 aromatic rings. The Labute approximate surface area is 131 Å². The van der Waals surface area contributed by atoms with E-state index in [2.05, 4.69) is 44.8 Å². The third-order valence-electron chi connectivity index (χ3n) is 4.06. The topological polar surface area (TPSA) is 32.3 Å². The van der Waals surface area contributed by atoms with E-state index in [1.807, 2.05) is 13.8 Å². The number of allylic oxidation sites excluding steroid dienone is 1. The van der Waals surface area contributed by atoms with Gasteiger partial charge in [-0.1, -0.05) is 18.9 Å². The lowest BCUT2D eigenvalue weighted by molar-refractivity contribution is -0.130. The molecule has 0 radical (unpaired) electrons. The van der Waals surface area contributed by atoms with Gasteiger partial charge in [0, 0.05) is 29.7 Å². The van der Waals surface area contributed by atoms with Crippen LogP contribution in [0.5, 0.6) is 0 Å². The maximum atomic E-state index is 12.6. The number of piperidine rings is 1. The number of nitrogens with one attached hydrogen (secondary N) is 1. The van der Waals surface area contributed by atoms with E-state index in [1.165, 1.54) is 0 Å². The molecule has 0 aliphatic carbocycles. The number of rotatable bonds is 5. The van der Waals surface area contributed by atoms with E-state index < -0.39 is 0 Å². The molecule has 1 rings (SSSR count). The van der Waals surface area contributed by atoms with Crippen LogP contribution in [0.4, 0.5) is 0 Å². The van der Waals surface area contributed by atoms with Crippen molar-refractivity contribution in [3.05, 3.63) is 11.6 Å². The van der Waals surface area contributed by atoms with Gasteiger partial charge in [-0.15, -0.1) is 0 Å². The van der Waals surface area contributed by atoms with Crippen molar-refractivity contribution in [1.82, 2.24) is 10.2 Å². The van der Waals surface area contributed by atoms with Gasteiger partial charge in [0.15, 0.2) is 0 Å². The van der Waals surface area contributed by atoms with Gasteiger partial charge in [-0.3, -0.25) is 4.79 Å². The first-order valence-corrected chi connectivity index (χ1v) is 8.31. The van der Waals surface area contributed by atoms with Crippen LogP contribution in [0.2, 0.25) is 0 Å².